The summed E-state index contributed by atoms with van der Waals surface area (Å²) in [6.45, 7) is 2.90. The minimum absolute atomic E-state index is 0.356. The Morgan fingerprint density at radius 3 is 2.79 bits per heavy atom. The zero-order valence-electron chi connectivity index (χ0n) is 10.5. The lowest BCUT2D eigenvalue weighted by atomic mass is 10.3. The Balaban J connectivity index is 2.16. The van der Waals surface area contributed by atoms with Gasteiger partial charge in [0.1, 0.15) is 23.8 Å². The van der Waals surface area contributed by atoms with Crippen LogP contribution >= 0.6 is 11.6 Å². The van der Waals surface area contributed by atoms with Crippen LogP contribution in [-0.2, 0) is 0 Å². The van der Waals surface area contributed by atoms with Gasteiger partial charge < -0.3 is 10.6 Å². The van der Waals surface area contributed by atoms with Crippen LogP contribution < -0.4 is 10.6 Å². The first kappa shape index (κ1) is 13.5. The van der Waals surface area contributed by atoms with Gasteiger partial charge in [-0.25, -0.2) is 14.4 Å². The lowest BCUT2D eigenvalue weighted by molar-refractivity contribution is 0.628. The van der Waals surface area contributed by atoms with E-state index in [2.05, 4.69) is 27.5 Å². The molecule has 1 heterocycles. The second kappa shape index (κ2) is 6.33. The van der Waals surface area contributed by atoms with Gasteiger partial charge in [-0.05, 0) is 24.6 Å². The molecular formula is C13H14ClFN4. The lowest BCUT2D eigenvalue weighted by Crippen LogP contribution is -2.03. The summed E-state index contributed by atoms with van der Waals surface area (Å²) in [6.07, 6.45) is 2.44. The van der Waals surface area contributed by atoms with Crippen molar-refractivity contribution in [2.45, 2.75) is 13.3 Å². The van der Waals surface area contributed by atoms with Crippen LogP contribution in [-0.4, -0.2) is 16.5 Å². The molecule has 0 amide bonds. The van der Waals surface area contributed by atoms with Crippen molar-refractivity contribution in [2.75, 3.05) is 17.2 Å². The molecule has 0 bridgehead atoms. The van der Waals surface area contributed by atoms with Gasteiger partial charge in [-0.3, -0.25) is 0 Å². The average Bonchev–Trinajstić information content (AvgIpc) is 2.41. The summed E-state index contributed by atoms with van der Waals surface area (Å²) in [5.41, 5.74) is 0.474. The summed E-state index contributed by atoms with van der Waals surface area (Å²) in [6, 6.07) is 5.87. The number of hydrogen-bond donors (Lipinski definition) is 2. The van der Waals surface area contributed by atoms with E-state index in [1.807, 2.05) is 0 Å². The van der Waals surface area contributed by atoms with E-state index >= 15 is 0 Å². The first-order chi connectivity index (χ1) is 9.19. The van der Waals surface area contributed by atoms with Crippen molar-refractivity contribution in [2.24, 2.45) is 0 Å². The number of aromatic nitrogens is 2. The predicted molar refractivity (Wildman–Crippen MR) is 75.5 cm³/mol. The molecule has 2 rings (SSSR count). The molecule has 6 heteroatoms. The molecule has 0 radical (unpaired) electrons. The van der Waals surface area contributed by atoms with E-state index in [1.54, 1.807) is 6.07 Å². The number of anilines is 3. The molecule has 0 aliphatic carbocycles. The topological polar surface area (TPSA) is 49.8 Å². The molecule has 19 heavy (non-hydrogen) atoms. The fourth-order valence-corrected chi connectivity index (χ4v) is 1.67. The van der Waals surface area contributed by atoms with Crippen molar-refractivity contribution < 1.29 is 4.39 Å². The van der Waals surface area contributed by atoms with Gasteiger partial charge in [0, 0.05) is 12.6 Å². The quantitative estimate of drug-likeness (QED) is 0.874. The summed E-state index contributed by atoms with van der Waals surface area (Å²) < 4.78 is 13.2. The normalized spacial score (nSPS) is 10.3. The third-order valence-corrected chi connectivity index (χ3v) is 2.74. The molecule has 0 fully saturated rings. The molecule has 0 unspecified atom stereocenters. The van der Waals surface area contributed by atoms with Gasteiger partial charge in [0.05, 0.1) is 10.7 Å². The van der Waals surface area contributed by atoms with E-state index in [4.69, 9.17) is 11.6 Å². The molecule has 0 atom stereocenters. The van der Waals surface area contributed by atoms with Crippen LogP contribution in [0, 0.1) is 5.82 Å². The average molecular weight is 281 g/mol. The van der Waals surface area contributed by atoms with E-state index in [0.29, 0.717) is 22.3 Å². The maximum absolute atomic E-state index is 13.2. The second-order valence-corrected chi connectivity index (χ2v) is 4.37. The minimum atomic E-state index is -0.356. The molecule has 0 aliphatic rings. The van der Waals surface area contributed by atoms with Crippen LogP contribution in [0.2, 0.25) is 5.02 Å². The van der Waals surface area contributed by atoms with Crippen LogP contribution in [0.15, 0.2) is 30.6 Å². The van der Waals surface area contributed by atoms with Crippen molar-refractivity contribution in [1.29, 1.82) is 0 Å². The van der Waals surface area contributed by atoms with Crippen LogP contribution in [0.3, 0.4) is 0 Å². The predicted octanol–water partition coefficient (Wildman–Crippen LogP) is 3.83. The first-order valence-corrected chi connectivity index (χ1v) is 6.35. The SMILES string of the molecule is CCCNc1cc(Nc2cc(F)ccc2Cl)ncn1. The van der Waals surface area contributed by atoms with Crippen molar-refractivity contribution in [3.63, 3.8) is 0 Å². The third kappa shape index (κ3) is 3.79. The molecule has 0 saturated heterocycles. The molecule has 100 valence electrons. The molecule has 1 aromatic carbocycles. The Morgan fingerprint density at radius 1 is 1.21 bits per heavy atom. The summed E-state index contributed by atoms with van der Waals surface area (Å²) in [4.78, 5) is 8.16. The van der Waals surface area contributed by atoms with Crippen molar-refractivity contribution in [1.82, 2.24) is 9.97 Å². The molecule has 0 saturated carbocycles. The van der Waals surface area contributed by atoms with Gasteiger partial charge in [0.25, 0.3) is 0 Å². The summed E-state index contributed by atoms with van der Waals surface area (Å²) >= 11 is 5.98. The molecule has 1 aromatic heterocycles. The van der Waals surface area contributed by atoms with Gasteiger partial charge in [-0.2, -0.15) is 0 Å². The van der Waals surface area contributed by atoms with Gasteiger partial charge in [0.15, 0.2) is 0 Å². The highest BCUT2D eigenvalue weighted by Gasteiger charge is 2.04. The standard InChI is InChI=1S/C13H14ClFN4/c1-2-5-16-12-7-13(18-8-17-12)19-11-6-9(15)3-4-10(11)14/h3-4,6-8H,2,5H2,1H3,(H2,16,17,18,19). The van der Waals surface area contributed by atoms with Crippen molar-refractivity contribution in [3.05, 3.63) is 41.4 Å². The molecule has 2 N–H and O–H groups in total. The summed E-state index contributed by atoms with van der Waals surface area (Å²) in [5, 5.41) is 6.55. The van der Waals surface area contributed by atoms with E-state index in [-0.39, 0.29) is 5.82 Å². The van der Waals surface area contributed by atoms with E-state index in [1.165, 1.54) is 24.5 Å². The largest absolute Gasteiger partial charge is 0.370 e. The highest BCUT2D eigenvalue weighted by Crippen LogP contribution is 2.25. The van der Waals surface area contributed by atoms with Crippen LogP contribution in [0.5, 0.6) is 0 Å². The van der Waals surface area contributed by atoms with Crippen LogP contribution in [0.25, 0.3) is 0 Å². The number of rotatable bonds is 5. The van der Waals surface area contributed by atoms with Crippen LogP contribution in [0.1, 0.15) is 13.3 Å². The number of nitrogens with one attached hydrogen (secondary N) is 2. The third-order valence-electron chi connectivity index (χ3n) is 2.41. The number of benzene rings is 1. The van der Waals surface area contributed by atoms with Gasteiger partial charge in [-0.15, -0.1) is 0 Å². The Hall–Kier alpha value is -1.88. The van der Waals surface area contributed by atoms with Gasteiger partial charge in [0.2, 0.25) is 0 Å². The molecule has 0 spiro atoms. The van der Waals surface area contributed by atoms with Crippen molar-refractivity contribution in [3.8, 4) is 0 Å². The van der Waals surface area contributed by atoms with Crippen LogP contribution in [0.4, 0.5) is 21.7 Å². The first-order valence-electron chi connectivity index (χ1n) is 5.97. The van der Waals surface area contributed by atoms with E-state index < -0.39 is 0 Å². The highest BCUT2D eigenvalue weighted by molar-refractivity contribution is 6.33. The minimum Gasteiger partial charge on any atom is -0.370 e. The van der Waals surface area contributed by atoms with Gasteiger partial charge >= 0.3 is 0 Å². The number of halogens is 2. The number of nitrogens with zero attached hydrogens (tertiary/aromatic N) is 2. The van der Waals surface area contributed by atoms with E-state index in [0.717, 1.165) is 13.0 Å². The fraction of sp³-hybridized carbons (Fsp3) is 0.231. The van der Waals surface area contributed by atoms with E-state index in [9.17, 15) is 4.39 Å². The molecular weight excluding hydrogens is 267 g/mol. The summed E-state index contributed by atoms with van der Waals surface area (Å²) in [7, 11) is 0. The zero-order chi connectivity index (χ0) is 13.7. The Bertz CT molecular complexity index is 562. The summed E-state index contributed by atoms with van der Waals surface area (Å²) in [5.74, 6) is 0.915. The Morgan fingerprint density at radius 2 is 2.00 bits per heavy atom. The monoisotopic (exact) mass is 280 g/mol. The fourth-order valence-electron chi connectivity index (χ4n) is 1.51. The lowest BCUT2D eigenvalue weighted by Gasteiger charge is -2.09. The molecule has 0 aliphatic heterocycles. The highest BCUT2D eigenvalue weighted by atomic mass is 35.5. The maximum atomic E-state index is 13.2. The number of hydrogen-bond acceptors (Lipinski definition) is 4. The molecule has 4 nitrogen and oxygen atoms in total. The second-order valence-electron chi connectivity index (χ2n) is 3.96. The zero-order valence-corrected chi connectivity index (χ0v) is 11.2. The van der Waals surface area contributed by atoms with Gasteiger partial charge in [-0.1, -0.05) is 18.5 Å². The smallest absolute Gasteiger partial charge is 0.135 e. The molecule has 2 aromatic rings. The van der Waals surface area contributed by atoms with Crippen molar-refractivity contribution >= 4 is 28.9 Å². The maximum Gasteiger partial charge on any atom is 0.135 e. The Kier molecular flexibility index (Phi) is 4.52. The Labute approximate surface area is 116 Å².